The van der Waals surface area contributed by atoms with Gasteiger partial charge in [-0.25, -0.2) is 8.42 Å². The number of benzene rings is 2. The topological polar surface area (TPSA) is 89.9 Å². The predicted octanol–water partition coefficient (Wildman–Crippen LogP) is 1.80. The highest BCUT2D eigenvalue weighted by Gasteiger charge is 2.16. The largest absolute Gasteiger partial charge is 0.507 e. The summed E-state index contributed by atoms with van der Waals surface area (Å²) in [6.07, 6.45) is 1.01. The van der Waals surface area contributed by atoms with E-state index in [1.165, 1.54) is 18.2 Å². The SMILES string of the molecule is CN1CCN(Cc2ccc(C(=O)Nc3ccc(O)c(S(C)(=O)=O)c3)cc2)CC1. The zero-order chi connectivity index (χ0) is 20.3. The van der Waals surface area contributed by atoms with E-state index in [0.29, 0.717) is 11.3 Å². The Hall–Kier alpha value is -2.42. The smallest absolute Gasteiger partial charge is 0.255 e. The van der Waals surface area contributed by atoms with Crippen molar-refractivity contribution in [3.05, 3.63) is 53.6 Å². The molecule has 0 spiro atoms. The van der Waals surface area contributed by atoms with E-state index in [9.17, 15) is 18.3 Å². The number of anilines is 1. The van der Waals surface area contributed by atoms with Gasteiger partial charge in [0.15, 0.2) is 9.84 Å². The molecule has 2 aromatic rings. The summed E-state index contributed by atoms with van der Waals surface area (Å²) in [7, 11) is -1.47. The van der Waals surface area contributed by atoms with Crippen molar-refractivity contribution >= 4 is 21.4 Å². The molecule has 0 radical (unpaired) electrons. The van der Waals surface area contributed by atoms with Crippen LogP contribution >= 0.6 is 0 Å². The summed E-state index contributed by atoms with van der Waals surface area (Å²) in [5, 5.41) is 12.4. The number of nitrogens with one attached hydrogen (secondary N) is 1. The Morgan fingerprint density at radius 3 is 2.32 bits per heavy atom. The molecule has 8 heteroatoms. The van der Waals surface area contributed by atoms with Crippen LogP contribution in [0.5, 0.6) is 5.75 Å². The molecular weight excluding hydrogens is 378 g/mol. The number of amides is 1. The maximum atomic E-state index is 12.5. The van der Waals surface area contributed by atoms with Crippen LogP contribution in [0.25, 0.3) is 0 Å². The molecule has 3 rings (SSSR count). The van der Waals surface area contributed by atoms with Gasteiger partial charge < -0.3 is 15.3 Å². The van der Waals surface area contributed by atoms with Gasteiger partial charge >= 0.3 is 0 Å². The van der Waals surface area contributed by atoms with E-state index in [4.69, 9.17) is 0 Å². The molecule has 0 atom stereocenters. The average molecular weight is 404 g/mol. The number of likely N-dealkylation sites (N-methyl/N-ethyl adjacent to an activating group) is 1. The lowest BCUT2D eigenvalue weighted by Crippen LogP contribution is -2.43. The maximum absolute atomic E-state index is 12.5. The molecule has 1 amide bonds. The summed E-state index contributed by atoms with van der Waals surface area (Å²) in [5.74, 6) is -0.676. The third-order valence-electron chi connectivity index (χ3n) is 4.84. The Bertz CT molecular complexity index is 950. The number of nitrogens with zero attached hydrogens (tertiary/aromatic N) is 2. The number of rotatable bonds is 5. The first-order valence-electron chi connectivity index (χ1n) is 9.06. The fraction of sp³-hybridized carbons (Fsp3) is 0.350. The quantitative estimate of drug-likeness (QED) is 0.740. The van der Waals surface area contributed by atoms with Crippen molar-refractivity contribution in [2.24, 2.45) is 0 Å². The number of phenols is 1. The van der Waals surface area contributed by atoms with Crippen molar-refractivity contribution in [2.75, 3.05) is 44.8 Å². The van der Waals surface area contributed by atoms with E-state index >= 15 is 0 Å². The third-order valence-corrected chi connectivity index (χ3v) is 5.96. The van der Waals surface area contributed by atoms with Gasteiger partial charge in [0, 0.05) is 50.2 Å². The number of carbonyl (C=O) groups excluding carboxylic acids is 1. The monoisotopic (exact) mass is 403 g/mol. The lowest BCUT2D eigenvalue weighted by Gasteiger charge is -2.32. The summed E-state index contributed by atoms with van der Waals surface area (Å²) in [6.45, 7) is 5.03. The molecule has 0 saturated carbocycles. The molecular formula is C20H25N3O4S. The zero-order valence-corrected chi connectivity index (χ0v) is 16.9. The molecule has 0 aliphatic carbocycles. The second-order valence-electron chi connectivity index (χ2n) is 7.19. The maximum Gasteiger partial charge on any atom is 0.255 e. The number of phenolic OH excluding ortho intramolecular Hbond substituents is 1. The van der Waals surface area contributed by atoms with E-state index in [-0.39, 0.29) is 16.6 Å². The fourth-order valence-electron chi connectivity index (χ4n) is 3.12. The first kappa shape index (κ1) is 20.3. The van der Waals surface area contributed by atoms with Gasteiger partial charge in [0.1, 0.15) is 10.6 Å². The highest BCUT2D eigenvalue weighted by molar-refractivity contribution is 7.90. The van der Waals surface area contributed by atoms with Gasteiger partial charge in [0.05, 0.1) is 0 Å². The molecule has 1 aliphatic heterocycles. The van der Waals surface area contributed by atoms with Crippen LogP contribution in [0.4, 0.5) is 5.69 Å². The van der Waals surface area contributed by atoms with Crippen LogP contribution in [0, 0.1) is 0 Å². The van der Waals surface area contributed by atoms with Crippen LogP contribution < -0.4 is 5.32 Å². The summed E-state index contributed by atoms with van der Waals surface area (Å²) in [6, 6.07) is 11.4. The van der Waals surface area contributed by atoms with E-state index in [1.807, 2.05) is 12.1 Å². The summed E-state index contributed by atoms with van der Waals surface area (Å²) < 4.78 is 23.4. The minimum atomic E-state index is -3.59. The molecule has 0 unspecified atom stereocenters. The van der Waals surface area contributed by atoms with E-state index in [1.54, 1.807) is 12.1 Å². The number of aromatic hydroxyl groups is 1. The second kappa shape index (κ2) is 8.30. The van der Waals surface area contributed by atoms with Gasteiger partial charge in [0.2, 0.25) is 0 Å². The van der Waals surface area contributed by atoms with Gasteiger partial charge in [-0.1, -0.05) is 12.1 Å². The Kier molecular flexibility index (Phi) is 6.02. The first-order valence-corrected chi connectivity index (χ1v) is 11.0. The number of sulfone groups is 1. The Balaban J connectivity index is 1.65. The first-order chi connectivity index (χ1) is 13.2. The molecule has 0 aromatic heterocycles. The van der Waals surface area contributed by atoms with E-state index < -0.39 is 9.84 Å². The number of piperazine rings is 1. The Morgan fingerprint density at radius 2 is 1.71 bits per heavy atom. The van der Waals surface area contributed by atoms with E-state index in [0.717, 1.165) is 44.5 Å². The standard InChI is InChI=1S/C20H25N3O4S/c1-22-9-11-23(12-10-22)14-15-3-5-16(6-4-15)20(25)21-17-7-8-18(24)19(13-17)28(2,26)27/h3-8,13,24H,9-12,14H2,1-2H3,(H,21,25). The second-order valence-corrected chi connectivity index (χ2v) is 9.17. The van der Waals surface area contributed by atoms with Gasteiger partial charge in [0.25, 0.3) is 5.91 Å². The van der Waals surface area contributed by atoms with Crippen LogP contribution in [0.2, 0.25) is 0 Å². The molecule has 150 valence electrons. The third kappa shape index (κ3) is 5.09. The molecule has 1 saturated heterocycles. The van der Waals surface area contributed by atoms with Crippen LogP contribution in [-0.2, 0) is 16.4 Å². The normalized spacial score (nSPS) is 16.1. The van der Waals surface area contributed by atoms with Crippen LogP contribution in [-0.4, -0.2) is 68.7 Å². The zero-order valence-electron chi connectivity index (χ0n) is 16.1. The number of hydrogen-bond acceptors (Lipinski definition) is 6. The summed E-state index contributed by atoms with van der Waals surface area (Å²) >= 11 is 0. The van der Waals surface area contributed by atoms with Gasteiger partial charge in [-0.2, -0.15) is 0 Å². The van der Waals surface area contributed by atoms with Gasteiger partial charge in [-0.15, -0.1) is 0 Å². The average Bonchev–Trinajstić information content (AvgIpc) is 2.65. The van der Waals surface area contributed by atoms with Crippen molar-refractivity contribution < 1.29 is 18.3 Å². The van der Waals surface area contributed by atoms with Crippen molar-refractivity contribution in [3.8, 4) is 5.75 Å². The van der Waals surface area contributed by atoms with Crippen molar-refractivity contribution in [1.82, 2.24) is 9.80 Å². The molecule has 2 aromatic carbocycles. The predicted molar refractivity (Wildman–Crippen MR) is 108 cm³/mol. The molecule has 1 heterocycles. The summed E-state index contributed by atoms with van der Waals surface area (Å²) in [5.41, 5.74) is 1.94. The Labute approximate surface area is 165 Å². The van der Waals surface area contributed by atoms with Crippen LogP contribution in [0.3, 0.4) is 0 Å². The molecule has 2 N–H and O–H groups in total. The molecule has 7 nitrogen and oxygen atoms in total. The molecule has 1 aliphatic rings. The minimum Gasteiger partial charge on any atom is -0.507 e. The molecule has 28 heavy (non-hydrogen) atoms. The lowest BCUT2D eigenvalue weighted by molar-refractivity contribution is 0.102. The van der Waals surface area contributed by atoms with Crippen LogP contribution in [0.1, 0.15) is 15.9 Å². The van der Waals surface area contributed by atoms with E-state index in [2.05, 4.69) is 22.2 Å². The van der Waals surface area contributed by atoms with Gasteiger partial charge in [-0.3, -0.25) is 9.69 Å². The molecule has 0 bridgehead atoms. The van der Waals surface area contributed by atoms with Crippen molar-refractivity contribution in [3.63, 3.8) is 0 Å². The van der Waals surface area contributed by atoms with Gasteiger partial charge in [-0.05, 0) is 42.9 Å². The minimum absolute atomic E-state index is 0.215. The number of carbonyl (C=O) groups is 1. The lowest BCUT2D eigenvalue weighted by atomic mass is 10.1. The fourth-order valence-corrected chi connectivity index (χ4v) is 3.91. The molecule has 1 fully saturated rings. The van der Waals surface area contributed by atoms with Crippen LogP contribution in [0.15, 0.2) is 47.4 Å². The summed E-state index contributed by atoms with van der Waals surface area (Å²) in [4.78, 5) is 16.9. The Morgan fingerprint density at radius 1 is 1.07 bits per heavy atom. The highest BCUT2D eigenvalue weighted by Crippen LogP contribution is 2.26. The highest BCUT2D eigenvalue weighted by atomic mass is 32.2. The number of hydrogen-bond donors (Lipinski definition) is 2. The van der Waals surface area contributed by atoms with Crippen molar-refractivity contribution in [1.29, 1.82) is 0 Å². The van der Waals surface area contributed by atoms with Crippen molar-refractivity contribution in [2.45, 2.75) is 11.4 Å².